The molecule has 1 heteroatoms. The summed E-state index contributed by atoms with van der Waals surface area (Å²) in [5.41, 5.74) is 2.49. The molecule has 0 saturated carbocycles. The molecule has 0 N–H and O–H groups in total. The van der Waals surface area contributed by atoms with Crippen molar-refractivity contribution >= 4 is 0 Å². The SMILES string of the molecule is [CH3][Ir]([C]1=CC=CC1)[C]1=CC=CCC1. The van der Waals surface area contributed by atoms with Crippen LogP contribution in [0.5, 0.6) is 0 Å². The Hall–Kier alpha value is -0.391. The van der Waals surface area contributed by atoms with Crippen LogP contribution in [0, 0.1) is 0 Å². The fourth-order valence-electron chi connectivity index (χ4n) is 1.51. The van der Waals surface area contributed by atoms with Crippen LogP contribution in [0.25, 0.3) is 0 Å². The molecule has 0 atom stereocenters. The number of allylic oxidation sites excluding steroid dienone is 8. The van der Waals surface area contributed by atoms with Gasteiger partial charge in [-0.1, -0.05) is 0 Å². The van der Waals surface area contributed by atoms with Gasteiger partial charge in [-0.2, -0.15) is 0 Å². The fraction of sp³-hybridized carbons (Fsp3) is 0.333. The van der Waals surface area contributed by atoms with E-state index in [0.29, 0.717) is 0 Å². The molecule has 0 radical (unpaired) electrons. The van der Waals surface area contributed by atoms with Crippen LogP contribution < -0.4 is 0 Å². The van der Waals surface area contributed by atoms with Crippen LogP contribution in [-0.2, 0) is 16.5 Å². The minimum absolute atomic E-state index is 1.00. The molecule has 0 bridgehead atoms. The molecular formula is C12H15Ir. The van der Waals surface area contributed by atoms with E-state index in [2.05, 4.69) is 41.9 Å². The predicted molar refractivity (Wildman–Crippen MR) is 54.2 cm³/mol. The van der Waals surface area contributed by atoms with Gasteiger partial charge < -0.3 is 0 Å². The molecule has 0 spiro atoms. The average Bonchev–Trinajstić information content (AvgIpc) is 2.71. The number of hydrogen-bond acceptors (Lipinski definition) is 0. The van der Waals surface area contributed by atoms with Gasteiger partial charge in [-0.25, -0.2) is 0 Å². The molecule has 72 valence electrons. The van der Waals surface area contributed by atoms with Crippen LogP contribution >= 0.6 is 0 Å². The van der Waals surface area contributed by atoms with Gasteiger partial charge in [-0.3, -0.25) is 0 Å². The van der Waals surface area contributed by atoms with E-state index in [0.717, 1.165) is 0 Å². The molecule has 0 heterocycles. The van der Waals surface area contributed by atoms with Crippen molar-refractivity contribution in [2.45, 2.75) is 24.7 Å². The molecule has 0 unspecified atom stereocenters. The fourth-order valence-corrected chi connectivity index (χ4v) is 6.41. The van der Waals surface area contributed by atoms with Crippen LogP contribution in [0.2, 0.25) is 5.44 Å². The summed E-state index contributed by atoms with van der Waals surface area (Å²) < 4.78 is 3.50. The third kappa shape index (κ3) is 2.10. The predicted octanol–water partition coefficient (Wildman–Crippen LogP) is 3.73. The van der Waals surface area contributed by atoms with E-state index in [9.17, 15) is 0 Å². The Balaban J connectivity index is 2.08. The van der Waals surface area contributed by atoms with Crippen LogP contribution in [0.4, 0.5) is 0 Å². The summed E-state index contributed by atoms with van der Waals surface area (Å²) in [7, 11) is 0. The standard InChI is InChI=1S/C6H7.C5H5.CH3.Ir/c1-2-4-6-5-3-1;1-2-4-5-3-1;;/h1-3H,4,6H2;1-3H,4H2;1H3;. The second-order valence-electron chi connectivity index (χ2n) is 3.19. The van der Waals surface area contributed by atoms with Gasteiger partial charge in [0.1, 0.15) is 0 Å². The second-order valence-corrected chi connectivity index (χ2v) is 9.26. The molecule has 2 aliphatic carbocycles. The first-order chi connectivity index (χ1) is 6.38. The molecule has 0 fully saturated rings. The molecule has 0 nitrogen and oxygen atoms in total. The van der Waals surface area contributed by atoms with Crippen molar-refractivity contribution in [1.29, 1.82) is 0 Å². The van der Waals surface area contributed by atoms with Crippen LogP contribution in [0.3, 0.4) is 0 Å². The average molecular weight is 351 g/mol. The summed E-state index contributed by atoms with van der Waals surface area (Å²) in [6.45, 7) is 0. The van der Waals surface area contributed by atoms with E-state index in [1.165, 1.54) is 19.3 Å². The second kappa shape index (κ2) is 4.21. The zero-order valence-corrected chi connectivity index (χ0v) is 10.3. The van der Waals surface area contributed by atoms with E-state index in [1.54, 1.807) is 8.17 Å². The molecule has 0 amide bonds. The first-order valence-corrected chi connectivity index (χ1v) is 9.39. The van der Waals surface area contributed by atoms with Crippen molar-refractivity contribution in [2.24, 2.45) is 0 Å². The normalized spacial score (nSPS) is 21.5. The summed E-state index contributed by atoms with van der Waals surface area (Å²) in [5, 5.41) is 0. The van der Waals surface area contributed by atoms with Crippen molar-refractivity contribution in [3.8, 4) is 0 Å². The Labute approximate surface area is 85.9 Å². The topological polar surface area (TPSA) is 0 Å². The summed E-state index contributed by atoms with van der Waals surface area (Å²) in [5.74, 6) is 0. The summed E-state index contributed by atoms with van der Waals surface area (Å²) in [6.07, 6.45) is 17.5. The van der Waals surface area contributed by atoms with Crippen LogP contribution in [0.1, 0.15) is 19.3 Å². The van der Waals surface area contributed by atoms with Crippen molar-refractivity contribution in [3.63, 3.8) is 0 Å². The molecule has 0 aliphatic heterocycles. The third-order valence-electron chi connectivity index (χ3n) is 2.30. The van der Waals surface area contributed by atoms with E-state index < -0.39 is 16.5 Å². The summed E-state index contributed by atoms with van der Waals surface area (Å²) in [6, 6.07) is 0. The van der Waals surface area contributed by atoms with Crippen molar-refractivity contribution < 1.29 is 16.5 Å². The maximum absolute atomic E-state index is 2.49. The molecule has 0 aromatic carbocycles. The molecule has 0 aromatic heterocycles. The first kappa shape index (κ1) is 9.18. The first-order valence-electron chi connectivity index (χ1n) is 4.60. The molecule has 13 heavy (non-hydrogen) atoms. The Bertz CT molecular complexity index is 305. The van der Waals surface area contributed by atoms with Crippen molar-refractivity contribution in [1.82, 2.24) is 0 Å². The third-order valence-corrected chi connectivity index (χ3v) is 8.80. The van der Waals surface area contributed by atoms with Gasteiger partial charge in [0.25, 0.3) is 0 Å². The van der Waals surface area contributed by atoms with Gasteiger partial charge in [0.05, 0.1) is 0 Å². The van der Waals surface area contributed by atoms with E-state index >= 15 is 0 Å². The molecule has 2 aliphatic rings. The maximum atomic E-state index is 2.49. The number of rotatable bonds is 2. The van der Waals surface area contributed by atoms with Gasteiger partial charge in [0.15, 0.2) is 0 Å². The van der Waals surface area contributed by atoms with Gasteiger partial charge in [-0.15, -0.1) is 0 Å². The Kier molecular flexibility index (Phi) is 2.97. The van der Waals surface area contributed by atoms with Crippen molar-refractivity contribution in [2.75, 3.05) is 0 Å². The molecule has 0 saturated heterocycles. The van der Waals surface area contributed by atoms with Crippen LogP contribution in [0.15, 0.2) is 44.6 Å². The van der Waals surface area contributed by atoms with Gasteiger partial charge in [0, 0.05) is 0 Å². The Morgan fingerprint density at radius 1 is 1.08 bits per heavy atom. The zero-order chi connectivity index (χ0) is 9.10. The quantitative estimate of drug-likeness (QED) is 0.711. The minimum atomic E-state index is -1.00. The van der Waals surface area contributed by atoms with Gasteiger partial charge in [-0.05, 0) is 0 Å². The monoisotopic (exact) mass is 352 g/mol. The Morgan fingerprint density at radius 3 is 2.46 bits per heavy atom. The van der Waals surface area contributed by atoms with Gasteiger partial charge in [0.2, 0.25) is 0 Å². The molecule has 0 aromatic rings. The van der Waals surface area contributed by atoms with Crippen LogP contribution in [-0.4, -0.2) is 0 Å². The van der Waals surface area contributed by atoms with E-state index in [-0.39, 0.29) is 0 Å². The summed E-state index contributed by atoms with van der Waals surface area (Å²) >= 11 is -1.00. The van der Waals surface area contributed by atoms with E-state index in [1.807, 2.05) is 0 Å². The Morgan fingerprint density at radius 2 is 1.85 bits per heavy atom. The molecule has 2 rings (SSSR count). The van der Waals surface area contributed by atoms with Crippen molar-refractivity contribution in [3.05, 3.63) is 44.6 Å². The van der Waals surface area contributed by atoms with Gasteiger partial charge >= 0.3 is 85.8 Å². The van der Waals surface area contributed by atoms with E-state index in [4.69, 9.17) is 0 Å². The number of hydrogen-bond donors (Lipinski definition) is 0. The summed E-state index contributed by atoms with van der Waals surface area (Å²) in [4.78, 5) is 0. The zero-order valence-electron chi connectivity index (χ0n) is 7.92. The molecular weight excluding hydrogens is 336 g/mol.